The van der Waals surface area contributed by atoms with Crippen LogP contribution in [0.4, 0.5) is 4.79 Å². The fourth-order valence-electron chi connectivity index (χ4n) is 4.49. The van der Waals surface area contributed by atoms with Gasteiger partial charge in [-0.1, -0.05) is 56.3 Å². The van der Waals surface area contributed by atoms with Crippen LogP contribution in [-0.2, 0) is 16.6 Å². The number of ether oxygens (including phenoxy) is 1. The molecule has 0 aliphatic carbocycles. The molecular weight excluding hydrogens is 414 g/mol. The van der Waals surface area contributed by atoms with Crippen molar-refractivity contribution in [2.24, 2.45) is 0 Å². The molecule has 1 atom stereocenters. The van der Waals surface area contributed by atoms with Crippen molar-refractivity contribution < 1.29 is 14.3 Å². The second-order valence-electron chi connectivity index (χ2n) is 9.52. The van der Waals surface area contributed by atoms with Crippen molar-refractivity contribution >= 4 is 11.9 Å². The van der Waals surface area contributed by atoms with Crippen LogP contribution in [0.2, 0.25) is 0 Å². The Morgan fingerprint density at radius 3 is 2.18 bits per heavy atom. The summed E-state index contributed by atoms with van der Waals surface area (Å²) in [6, 6.07) is 18.2. The standard InChI is InChI=1S/C27H37N3O3/c1-21(20-27(2,3)23-8-6-5-7-9-23)28-26(32)30-18-16-29(17-19-30)25(31)15-12-22-10-13-24(33-4)14-11-22/h5-11,13-14,21H,12,15-20H2,1-4H3,(H,28,32). The average Bonchev–Trinajstić information content (AvgIpc) is 2.83. The second-order valence-corrected chi connectivity index (χ2v) is 9.52. The van der Waals surface area contributed by atoms with Gasteiger partial charge in [-0.15, -0.1) is 0 Å². The van der Waals surface area contributed by atoms with Gasteiger partial charge < -0.3 is 19.9 Å². The maximum absolute atomic E-state index is 12.8. The average molecular weight is 452 g/mol. The minimum atomic E-state index is -0.0447. The van der Waals surface area contributed by atoms with Gasteiger partial charge in [0.1, 0.15) is 5.75 Å². The molecule has 1 heterocycles. The topological polar surface area (TPSA) is 61.9 Å². The van der Waals surface area contributed by atoms with Gasteiger partial charge in [0.25, 0.3) is 0 Å². The number of aryl methyl sites for hydroxylation is 1. The number of amides is 3. The van der Waals surface area contributed by atoms with Crippen molar-refractivity contribution in [2.45, 2.75) is 51.5 Å². The lowest BCUT2D eigenvalue weighted by atomic mass is 9.79. The second kappa shape index (κ2) is 11.2. The van der Waals surface area contributed by atoms with Crippen LogP contribution in [-0.4, -0.2) is 61.1 Å². The molecule has 6 heteroatoms. The monoisotopic (exact) mass is 451 g/mol. The number of urea groups is 1. The highest BCUT2D eigenvalue weighted by atomic mass is 16.5. The molecule has 1 unspecified atom stereocenters. The van der Waals surface area contributed by atoms with Crippen LogP contribution in [0.5, 0.6) is 5.75 Å². The van der Waals surface area contributed by atoms with Crippen molar-refractivity contribution in [3.63, 3.8) is 0 Å². The molecule has 0 aromatic heterocycles. The molecule has 2 aromatic carbocycles. The third-order valence-electron chi connectivity index (χ3n) is 6.45. The summed E-state index contributed by atoms with van der Waals surface area (Å²) in [4.78, 5) is 29.1. The molecule has 0 saturated carbocycles. The zero-order valence-electron chi connectivity index (χ0n) is 20.3. The third kappa shape index (κ3) is 6.98. The molecule has 178 valence electrons. The van der Waals surface area contributed by atoms with E-state index in [0.717, 1.165) is 17.7 Å². The van der Waals surface area contributed by atoms with Crippen molar-refractivity contribution in [1.82, 2.24) is 15.1 Å². The number of benzene rings is 2. The van der Waals surface area contributed by atoms with Crippen LogP contribution in [0.1, 0.15) is 44.7 Å². The van der Waals surface area contributed by atoms with Gasteiger partial charge in [-0.05, 0) is 48.4 Å². The molecule has 0 spiro atoms. The summed E-state index contributed by atoms with van der Waals surface area (Å²) in [7, 11) is 1.64. The molecule has 33 heavy (non-hydrogen) atoms. The van der Waals surface area contributed by atoms with Gasteiger partial charge in [0.15, 0.2) is 0 Å². The number of carbonyl (C=O) groups is 2. The first kappa shape index (κ1) is 24.6. The Morgan fingerprint density at radius 2 is 1.58 bits per heavy atom. The number of hydrogen-bond donors (Lipinski definition) is 1. The number of methoxy groups -OCH3 is 1. The Hall–Kier alpha value is -3.02. The van der Waals surface area contributed by atoms with E-state index in [0.29, 0.717) is 39.0 Å². The SMILES string of the molecule is COc1ccc(CCC(=O)N2CCN(C(=O)NC(C)CC(C)(C)c3ccccc3)CC2)cc1. The van der Waals surface area contributed by atoms with E-state index in [-0.39, 0.29) is 23.4 Å². The van der Waals surface area contributed by atoms with E-state index in [4.69, 9.17) is 4.74 Å². The molecule has 1 saturated heterocycles. The molecule has 0 radical (unpaired) electrons. The summed E-state index contributed by atoms with van der Waals surface area (Å²) < 4.78 is 5.17. The Bertz CT molecular complexity index is 904. The molecule has 2 aromatic rings. The van der Waals surface area contributed by atoms with E-state index in [2.05, 4.69) is 50.4 Å². The lowest BCUT2D eigenvalue weighted by Gasteiger charge is -2.36. The van der Waals surface area contributed by atoms with Crippen LogP contribution in [0.25, 0.3) is 0 Å². The van der Waals surface area contributed by atoms with Crippen molar-refractivity contribution in [3.8, 4) is 5.75 Å². The Labute approximate surface area is 197 Å². The van der Waals surface area contributed by atoms with Gasteiger partial charge >= 0.3 is 6.03 Å². The van der Waals surface area contributed by atoms with Crippen LogP contribution in [0.15, 0.2) is 54.6 Å². The Morgan fingerprint density at radius 1 is 0.970 bits per heavy atom. The molecule has 6 nitrogen and oxygen atoms in total. The first-order chi connectivity index (χ1) is 15.8. The summed E-state index contributed by atoms with van der Waals surface area (Å²) >= 11 is 0. The normalized spacial score (nSPS) is 15.2. The first-order valence-electron chi connectivity index (χ1n) is 11.8. The van der Waals surface area contributed by atoms with Gasteiger partial charge in [0, 0.05) is 38.6 Å². The predicted molar refractivity (Wildman–Crippen MR) is 132 cm³/mol. The molecular formula is C27H37N3O3. The van der Waals surface area contributed by atoms with Crippen molar-refractivity contribution in [2.75, 3.05) is 33.3 Å². The molecule has 3 rings (SSSR count). The number of hydrogen-bond acceptors (Lipinski definition) is 3. The number of rotatable bonds is 8. The van der Waals surface area contributed by atoms with Gasteiger partial charge in [-0.3, -0.25) is 4.79 Å². The van der Waals surface area contributed by atoms with E-state index < -0.39 is 0 Å². The molecule has 1 fully saturated rings. The predicted octanol–water partition coefficient (Wildman–Crippen LogP) is 4.24. The van der Waals surface area contributed by atoms with Gasteiger partial charge in [-0.2, -0.15) is 0 Å². The van der Waals surface area contributed by atoms with E-state index in [1.165, 1.54) is 5.56 Å². The van der Waals surface area contributed by atoms with Gasteiger partial charge in [0.05, 0.1) is 7.11 Å². The molecule has 1 aliphatic rings. The molecule has 1 N–H and O–H groups in total. The van der Waals surface area contributed by atoms with Crippen LogP contribution in [0.3, 0.4) is 0 Å². The van der Waals surface area contributed by atoms with Crippen molar-refractivity contribution in [1.29, 1.82) is 0 Å². The zero-order valence-corrected chi connectivity index (χ0v) is 20.3. The van der Waals surface area contributed by atoms with Crippen LogP contribution >= 0.6 is 0 Å². The summed E-state index contributed by atoms with van der Waals surface area (Å²) in [5.41, 5.74) is 2.37. The van der Waals surface area contributed by atoms with Crippen LogP contribution in [0, 0.1) is 0 Å². The largest absolute Gasteiger partial charge is 0.497 e. The maximum atomic E-state index is 12.8. The summed E-state index contributed by atoms with van der Waals surface area (Å²) in [6.45, 7) is 8.77. The third-order valence-corrected chi connectivity index (χ3v) is 6.45. The van der Waals surface area contributed by atoms with E-state index >= 15 is 0 Å². The zero-order chi connectivity index (χ0) is 23.8. The van der Waals surface area contributed by atoms with Crippen molar-refractivity contribution in [3.05, 3.63) is 65.7 Å². The number of carbonyl (C=O) groups excluding carboxylic acids is 2. The lowest BCUT2D eigenvalue weighted by molar-refractivity contribution is -0.132. The van der Waals surface area contributed by atoms with E-state index in [1.54, 1.807) is 7.11 Å². The number of nitrogens with one attached hydrogen (secondary N) is 1. The lowest BCUT2D eigenvalue weighted by Crippen LogP contribution is -2.54. The number of piperazine rings is 1. The van der Waals surface area contributed by atoms with Gasteiger partial charge in [-0.25, -0.2) is 4.79 Å². The van der Waals surface area contributed by atoms with Crippen LogP contribution < -0.4 is 10.1 Å². The highest BCUT2D eigenvalue weighted by molar-refractivity contribution is 5.78. The van der Waals surface area contributed by atoms with E-state index in [9.17, 15) is 9.59 Å². The Balaban J connectivity index is 1.41. The molecule has 3 amide bonds. The fourth-order valence-corrected chi connectivity index (χ4v) is 4.49. The fraction of sp³-hybridized carbons (Fsp3) is 0.481. The molecule has 1 aliphatic heterocycles. The smallest absolute Gasteiger partial charge is 0.317 e. The minimum Gasteiger partial charge on any atom is -0.497 e. The van der Waals surface area contributed by atoms with E-state index in [1.807, 2.05) is 40.1 Å². The maximum Gasteiger partial charge on any atom is 0.317 e. The van der Waals surface area contributed by atoms with Gasteiger partial charge in [0.2, 0.25) is 5.91 Å². The highest BCUT2D eigenvalue weighted by Crippen LogP contribution is 2.28. The molecule has 0 bridgehead atoms. The highest BCUT2D eigenvalue weighted by Gasteiger charge is 2.27. The quantitative estimate of drug-likeness (QED) is 0.653. The first-order valence-corrected chi connectivity index (χ1v) is 11.8. The minimum absolute atomic E-state index is 0.0248. The Kier molecular flexibility index (Phi) is 8.37. The summed E-state index contributed by atoms with van der Waals surface area (Å²) in [5, 5.41) is 3.15. The summed E-state index contributed by atoms with van der Waals surface area (Å²) in [6.07, 6.45) is 2.04. The number of nitrogens with zero attached hydrogens (tertiary/aromatic N) is 2. The summed E-state index contributed by atoms with van der Waals surface area (Å²) in [5.74, 6) is 0.960.